The van der Waals surface area contributed by atoms with E-state index in [1.165, 1.54) is 0 Å². The van der Waals surface area contributed by atoms with Gasteiger partial charge in [0.05, 0.1) is 0 Å². The van der Waals surface area contributed by atoms with Gasteiger partial charge in [0, 0.05) is 44.2 Å². The van der Waals surface area contributed by atoms with Gasteiger partial charge in [0.25, 0.3) is 5.91 Å². The number of piperidine rings is 1. The summed E-state index contributed by atoms with van der Waals surface area (Å²) < 4.78 is 0. The van der Waals surface area contributed by atoms with Gasteiger partial charge in [-0.2, -0.15) is 0 Å². The van der Waals surface area contributed by atoms with E-state index in [1.807, 2.05) is 23.1 Å². The van der Waals surface area contributed by atoms with Crippen molar-refractivity contribution in [3.63, 3.8) is 0 Å². The normalized spacial score (nSPS) is 14.0. The van der Waals surface area contributed by atoms with Crippen molar-refractivity contribution in [3.8, 4) is 11.1 Å². The van der Waals surface area contributed by atoms with Crippen LogP contribution in [0.25, 0.3) is 11.1 Å². The Bertz CT molecular complexity index is 894. The average molecular weight is 379 g/mol. The highest BCUT2D eigenvalue weighted by Gasteiger charge is 2.20. The Labute approximate surface area is 164 Å². The molecular weight excluding hydrogens is 354 g/mol. The molecule has 1 aliphatic rings. The molecule has 3 amide bonds. The van der Waals surface area contributed by atoms with Crippen LogP contribution >= 0.6 is 0 Å². The van der Waals surface area contributed by atoms with E-state index in [0.717, 1.165) is 24.9 Å². The van der Waals surface area contributed by atoms with Crippen molar-refractivity contribution in [2.75, 3.05) is 26.7 Å². The largest absolute Gasteiger partial charge is 0.366 e. The second-order valence-corrected chi connectivity index (χ2v) is 7.06. The van der Waals surface area contributed by atoms with Crippen molar-refractivity contribution < 1.29 is 14.4 Å². The standard InChI is InChI=1S/C22H25N3O3/c1-24(13-14-25-12-5-4-11-20(25)26)22(28)17-8-6-7-16(15-17)18-9-2-3-10-19(18)21(23)27/h2-3,6-10,15H,4-5,11-14H2,1H3,(H2,23,27). The van der Waals surface area contributed by atoms with Crippen molar-refractivity contribution in [3.05, 3.63) is 59.7 Å². The summed E-state index contributed by atoms with van der Waals surface area (Å²) in [5.74, 6) is -0.462. The third kappa shape index (κ3) is 4.39. The first-order valence-electron chi connectivity index (χ1n) is 9.50. The number of likely N-dealkylation sites (N-methyl/N-ethyl adjacent to an activating group) is 1. The maximum atomic E-state index is 12.8. The molecule has 0 spiro atoms. The van der Waals surface area contributed by atoms with Gasteiger partial charge in [0.2, 0.25) is 11.8 Å². The first-order valence-corrected chi connectivity index (χ1v) is 9.50. The van der Waals surface area contributed by atoms with Crippen molar-refractivity contribution in [1.29, 1.82) is 0 Å². The molecule has 0 atom stereocenters. The number of benzene rings is 2. The Hall–Kier alpha value is -3.15. The Morgan fingerprint density at radius 3 is 2.64 bits per heavy atom. The number of rotatable bonds is 6. The fraction of sp³-hybridized carbons (Fsp3) is 0.318. The van der Waals surface area contributed by atoms with E-state index < -0.39 is 5.91 Å². The van der Waals surface area contributed by atoms with Crippen LogP contribution in [0.2, 0.25) is 0 Å². The third-order valence-electron chi connectivity index (χ3n) is 5.09. The van der Waals surface area contributed by atoms with Gasteiger partial charge in [0.15, 0.2) is 0 Å². The van der Waals surface area contributed by atoms with Gasteiger partial charge in [0.1, 0.15) is 0 Å². The van der Waals surface area contributed by atoms with Crippen LogP contribution in [0.15, 0.2) is 48.5 Å². The van der Waals surface area contributed by atoms with Crippen LogP contribution in [0.1, 0.15) is 40.0 Å². The van der Waals surface area contributed by atoms with E-state index in [1.54, 1.807) is 42.3 Å². The molecule has 3 rings (SSSR count). The number of nitrogens with zero attached hydrogens (tertiary/aromatic N) is 2. The number of likely N-dealkylation sites (tertiary alicyclic amines) is 1. The number of amides is 3. The van der Waals surface area contributed by atoms with Gasteiger partial charge in [-0.25, -0.2) is 0 Å². The van der Waals surface area contributed by atoms with Crippen molar-refractivity contribution in [1.82, 2.24) is 9.80 Å². The number of hydrogen-bond donors (Lipinski definition) is 1. The van der Waals surface area contributed by atoms with Gasteiger partial charge in [-0.15, -0.1) is 0 Å². The van der Waals surface area contributed by atoms with Crippen LogP contribution in [-0.4, -0.2) is 54.2 Å². The molecule has 1 heterocycles. The summed E-state index contributed by atoms with van der Waals surface area (Å²) in [7, 11) is 1.74. The smallest absolute Gasteiger partial charge is 0.253 e. The fourth-order valence-corrected chi connectivity index (χ4v) is 3.46. The monoisotopic (exact) mass is 379 g/mol. The van der Waals surface area contributed by atoms with E-state index in [0.29, 0.717) is 36.2 Å². The van der Waals surface area contributed by atoms with Gasteiger partial charge in [-0.3, -0.25) is 14.4 Å². The van der Waals surface area contributed by atoms with Gasteiger partial charge >= 0.3 is 0 Å². The summed E-state index contributed by atoms with van der Waals surface area (Å²) in [5, 5.41) is 0. The lowest BCUT2D eigenvalue weighted by Crippen LogP contribution is -2.41. The number of carbonyl (C=O) groups excluding carboxylic acids is 3. The summed E-state index contributed by atoms with van der Waals surface area (Å²) >= 11 is 0. The third-order valence-corrected chi connectivity index (χ3v) is 5.09. The maximum Gasteiger partial charge on any atom is 0.253 e. The number of carbonyl (C=O) groups is 3. The van der Waals surface area contributed by atoms with Crippen LogP contribution in [0.4, 0.5) is 0 Å². The van der Waals surface area contributed by atoms with E-state index in [4.69, 9.17) is 5.73 Å². The zero-order chi connectivity index (χ0) is 20.1. The molecule has 0 radical (unpaired) electrons. The summed E-state index contributed by atoms with van der Waals surface area (Å²) in [6.45, 7) is 1.79. The zero-order valence-corrected chi connectivity index (χ0v) is 16.1. The SMILES string of the molecule is CN(CCN1CCCCC1=O)C(=O)c1cccc(-c2ccccc2C(N)=O)c1. The molecule has 0 aliphatic carbocycles. The van der Waals surface area contributed by atoms with E-state index >= 15 is 0 Å². The Morgan fingerprint density at radius 2 is 1.89 bits per heavy atom. The van der Waals surface area contributed by atoms with Gasteiger partial charge in [-0.1, -0.05) is 30.3 Å². The molecular formula is C22H25N3O3. The Kier molecular flexibility index (Phi) is 6.09. The maximum absolute atomic E-state index is 12.8. The highest BCUT2D eigenvalue weighted by Crippen LogP contribution is 2.24. The minimum absolute atomic E-state index is 0.122. The Balaban J connectivity index is 1.73. The Morgan fingerprint density at radius 1 is 1.11 bits per heavy atom. The molecule has 146 valence electrons. The van der Waals surface area contributed by atoms with Gasteiger partial charge in [-0.05, 0) is 42.2 Å². The lowest BCUT2D eigenvalue weighted by Gasteiger charge is -2.28. The average Bonchev–Trinajstić information content (AvgIpc) is 2.72. The van der Waals surface area contributed by atoms with E-state index in [2.05, 4.69) is 0 Å². The fourth-order valence-electron chi connectivity index (χ4n) is 3.46. The lowest BCUT2D eigenvalue weighted by molar-refractivity contribution is -0.133. The minimum atomic E-state index is -0.504. The molecule has 2 N–H and O–H groups in total. The predicted molar refractivity (Wildman–Crippen MR) is 108 cm³/mol. The molecule has 1 fully saturated rings. The molecule has 0 aromatic heterocycles. The number of primary amides is 1. The van der Waals surface area contributed by atoms with Crippen LogP contribution in [0, 0.1) is 0 Å². The first kappa shape index (κ1) is 19.6. The number of hydrogen-bond acceptors (Lipinski definition) is 3. The van der Waals surface area contributed by atoms with Crippen molar-refractivity contribution in [2.24, 2.45) is 5.73 Å². The van der Waals surface area contributed by atoms with E-state index in [-0.39, 0.29) is 11.8 Å². The molecule has 1 aliphatic heterocycles. The zero-order valence-electron chi connectivity index (χ0n) is 16.1. The van der Waals surface area contributed by atoms with E-state index in [9.17, 15) is 14.4 Å². The first-order chi connectivity index (χ1) is 13.5. The summed E-state index contributed by atoms with van der Waals surface area (Å²) in [6, 6.07) is 14.2. The minimum Gasteiger partial charge on any atom is -0.366 e. The van der Waals surface area contributed by atoms with Crippen LogP contribution in [-0.2, 0) is 4.79 Å². The van der Waals surface area contributed by atoms with Crippen LogP contribution in [0.5, 0.6) is 0 Å². The second kappa shape index (κ2) is 8.69. The highest BCUT2D eigenvalue weighted by atomic mass is 16.2. The molecule has 2 aromatic rings. The molecule has 6 heteroatoms. The molecule has 28 heavy (non-hydrogen) atoms. The second-order valence-electron chi connectivity index (χ2n) is 7.06. The molecule has 6 nitrogen and oxygen atoms in total. The summed E-state index contributed by atoms with van der Waals surface area (Å²) in [4.78, 5) is 39.9. The number of nitrogens with two attached hydrogens (primary N) is 1. The topological polar surface area (TPSA) is 83.7 Å². The molecule has 0 unspecified atom stereocenters. The molecule has 1 saturated heterocycles. The summed E-state index contributed by atoms with van der Waals surface area (Å²) in [5.41, 5.74) is 7.89. The molecule has 2 aromatic carbocycles. The summed E-state index contributed by atoms with van der Waals surface area (Å²) in [6.07, 6.45) is 2.56. The lowest BCUT2D eigenvalue weighted by atomic mass is 9.97. The quantitative estimate of drug-likeness (QED) is 0.837. The molecule has 0 saturated carbocycles. The molecule has 0 bridgehead atoms. The van der Waals surface area contributed by atoms with Crippen molar-refractivity contribution in [2.45, 2.75) is 19.3 Å². The van der Waals surface area contributed by atoms with Crippen molar-refractivity contribution >= 4 is 17.7 Å². The van der Waals surface area contributed by atoms with Crippen LogP contribution < -0.4 is 5.73 Å². The predicted octanol–water partition coefficient (Wildman–Crippen LogP) is 2.54. The van der Waals surface area contributed by atoms with Crippen LogP contribution in [0.3, 0.4) is 0 Å². The van der Waals surface area contributed by atoms with Gasteiger partial charge < -0.3 is 15.5 Å². The highest BCUT2D eigenvalue weighted by molar-refractivity contribution is 6.01.